The number of imide groups is 1. The summed E-state index contributed by atoms with van der Waals surface area (Å²) in [6.07, 6.45) is 0.545. The number of urea groups is 1. The van der Waals surface area contributed by atoms with E-state index in [0.29, 0.717) is 22.6 Å². The van der Waals surface area contributed by atoms with Gasteiger partial charge < -0.3 is 10.2 Å². The Bertz CT molecular complexity index is 1110. The topological polar surface area (TPSA) is 108 Å². The number of amides is 3. The Morgan fingerprint density at radius 2 is 1.82 bits per heavy atom. The number of hydrogen-bond acceptors (Lipinski definition) is 7. The van der Waals surface area contributed by atoms with Crippen LogP contribution in [0.4, 0.5) is 10.5 Å². The first-order chi connectivity index (χ1) is 15.7. The Hall–Kier alpha value is -2.27. The summed E-state index contributed by atoms with van der Waals surface area (Å²) >= 11 is 7.55. The predicted molar refractivity (Wildman–Crippen MR) is 131 cm³/mol. The van der Waals surface area contributed by atoms with Crippen molar-refractivity contribution in [3.05, 3.63) is 54.1 Å². The van der Waals surface area contributed by atoms with Gasteiger partial charge >= 0.3 is 6.03 Å². The first-order valence-corrected chi connectivity index (χ1v) is 13.4. The Morgan fingerprint density at radius 3 is 2.48 bits per heavy atom. The summed E-state index contributed by atoms with van der Waals surface area (Å²) in [5, 5.41) is 7.69. The minimum atomic E-state index is -3.46. The Balaban J connectivity index is 1.61. The van der Waals surface area contributed by atoms with E-state index in [1.807, 2.05) is 13.8 Å². The van der Waals surface area contributed by atoms with Crippen LogP contribution in [-0.4, -0.2) is 55.1 Å². The molecule has 1 aliphatic heterocycles. The molecule has 178 valence electrons. The van der Waals surface area contributed by atoms with Gasteiger partial charge in [0.1, 0.15) is 0 Å². The summed E-state index contributed by atoms with van der Waals surface area (Å²) in [5.74, 6) is -0.513. The zero-order valence-electron chi connectivity index (χ0n) is 18.4. The van der Waals surface area contributed by atoms with E-state index in [4.69, 9.17) is 11.6 Å². The van der Waals surface area contributed by atoms with Crippen LogP contribution >= 0.6 is 23.4 Å². The smallest absolute Gasteiger partial charge is 0.325 e. The second-order valence-electron chi connectivity index (χ2n) is 7.45. The van der Waals surface area contributed by atoms with Crippen LogP contribution in [0.1, 0.15) is 30.6 Å². The fourth-order valence-electron chi connectivity index (χ4n) is 3.37. The molecule has 0 fully saturated rings. The Morgan fingerprint density at radius 1 is 1.12 bits per heavy atom. The van der Waals surface area contributed by atoms with Crippen molar-refractivity contribution < 1.29 is 18.0 Å². The number of nitrogens with one attached hydrogen (secondary N) is 3. The number of benzene rings is 2. The summed E-state index contributed by atoms with van der Waals surface area (Å²) in [4.78, 5) is 27.4. The third-order valence-corrected chi connectivity index (χ3v) is 8.44. The molecule has 1 aliphatic rings. The van der Waals surface area contributed by atoms with Crippen LogP contribution in [0.5, 0.6) is 0 Å². The highest BCUT2D eigenvalue weighted by Crippen LogP contribution is 2.47. The van der Waals surface area contributed by atoms with Crippen molar-refractivity contribution in [2.24, 2.45) is 0 Å². The van der Waals surface area contributed by atoms with Crippen LogP contribution in [0.25, 0.3) is 0 Å². The van der Waals surface area contributed by atoms with Gasteiger partial charge in [-0.15, -0.1) is 0 Å². The Labute approximate surface area is 203 Å². The summed E-state index contributed by atoms with van der Waals surface area (Å²) in [6, 6.07) is 12.2. The number of nitrogens with zero attached hydrogens (tertiary/aromatic N) is 1. The van der Waals surface area contributed by atoms with Gasteiger partial charge in [-0.1, -0.05) is 55.4 Å². The predicted octanol–water partition coefficient (Wildman–Crippen LogP) is 3.70. The number of halogens is 1. The number of carbonyl (C=O) groups is 2. The molecule has 1 atom stereocenters. The van der Waals surface area contributed by atoms with E-state index in [9.17, 15) is 18.0 Å². The molecular weight excluding hydrogens is 484 g/mol. The zero-order chi connectivity index (χ0) is 24.1. The molecule has 3 amide bonds. The molecule has 0 saturated carbocycles. The van der Waals surface area contributed by atoms with Gasteiger partial charge in [0.05, 0.1) is 16.3 Å². The van der Waals surface area contributed by atoms with Crippen LogP contribution in [-0.2, 0) is 9.84 Å². The highest BCUT2D eigenvalue weighted by Gasteiger charge is 2.38. The maximum Gasteiger partial charge on any atom is 0.325 e. The van der Waals surface area contributed by atoms with Gasteiger partial charge in [0.15, 0.2) is 9.84 Å². The number of hydrogen-bond donors (Lipinski definition) is 3. The molecule has 3 rings (SSSR count). The van der Waals surface area contributed by atoms with Crippen molar-refractivity contribution >= 4 is 50.8 Å². The van der Waals surface area contributed by atoms with Gasteiger partial charge in [-0.05, 0) is 56.4 Å². The number of sulfone groups is 1. The van der Waals surface area contributed by atoms with Gasteiger partial charge in [-0.2, -0.15) is 0 Å². The molecule has 0 radical (unpaired) electrons. The quantitative estimate of drug-likeness (QED) is 0.348. The van der Waals surface area contributed by atoms with E-state index >= 15 is 0 Å². The van der Waals surface area contributed by atoms with E-state index in [-0.39, 0.29) is 10.6 Å². The van der Waals surface area contributed by atoms with Crippen LogP contribution in [0.2, 0.25) is 0 Å². The molecule has 0 bridgehead atoms. The molecule has 1 heterocycles. The molecule has 8 nitrogen and oxygen atoms in total. The third-order valence-electron chi connectivity index (χ3n) is 5.18. The van der Waals surface area contributed by atoms with Gasteiger partial charge in [0.2, 0.25) is 4.45 Å². The molecule has 33 heavy (non-hydrogen) atoms. The highest BCUT2D eigenvalue weighted by atomic mass is 35.5. The van der Waals surface area contributed by atoms with Gasteiger partial charge in [0, 0.05) is 10.5 Å². The monoisotopic (exact) mass is 510 g/mol. The second-order valence-corrected chi connectivity index (χ2v) is 11.6. The number of anilines is 1. The SMILES string of the molecule is CCN(CC)CCCS(=O)(=O)c1ccc2c(c1)SC(Cl)(NC(=O)NC(=O)c1ccccc1)N2. The molecule has 3 N–H and O–H groups in total. The normalized spacial score (nSPS) is 17.3. The lowest BCUT2D eigenvalue weighted by Crippen LogP contribution is -2.50. The molecule has 0 spiro atoms. The molecule has 0 saturated heterocycles. The van der Waals surface area contributed by atoms with Crippen molar-refractivity contribution in [1.82, 2.24) is 15.5 Å². The minimum absolute atomic E-state index is 0.0503. The van der Waals surface area contributed by atoms with Crippen molar-refractivity contribution in [2.75, 3.05) is 30.7 Å². The molecule has 2 aromatic carbocycles. The lowest BCUT2D eigenvalue weighted by atomic mass is 10.2. The third kappa shape index (κ3) is 6.63. The number of alkyl halides is 1. The second kappa shape index (κ2) is 10.8. The molecule has 1 unspecified atom stereocenters. The van der Waals surface area contributed by atoms with E-state index < -0.39 is 26.2 Å². The highest BCUT2D eigenvalue weighted by molar-refractivity contribution is 8.02. The van der Waals surface area contributed by atoms with E-state index in [1.54, 1.807) is 42.5 Å². The lowest BCUT2D eigenvalue weighted by Gasteiger charge is -2.22. The Kier molecular flexibility index (Phi) is 8.28. The van der Waals surface area contributed by atoms with E-state index in [2.05, 4.69) is 20.9 Å². The van der Waals surface area contributed by atoms with Crippen LogP contribution in [0.15, 0.2) is 58.3 Å². The van der Waals surface area contributed by atoms with Crippen molar-refractivity contribution in [3.8, 4) is 0 Å². The van der Waals surface area contributed by atoms with Crippen molar-refractivity contribution in [2.45, 2.75) is 34.5 Å². The van der Waals surface area contributed by atoms with Crippen LogP contribution in [0, 0.1) is 0 Å². The first kappa shape index (κ1) is 25.4. The number of fused-ring (bicyclic) bond motifs is 1. The maximum absolute atomic E-state index is 12.8. The van der Waals surface area contributed by atoms with Gasteiger partial charge in [-0.3, -0.25) is 15.4 Å². The summed E-state index contributed by atoms with van der Waals surface area (Å²) in [7, 11) is -3.46. The molecule has 11 heteroatoms. The van der Waals surface area contributed by atoms with Gasteiger partial charge in [0.25, 0.3) is 5.91 Å². The lowest BCUT2D eigenvalue weighted by molar-refractivity contribution is 0.0964. The number of rotatable bonds is 9. The fourth-order valence-corrected chi connectivity index (χ4v) is 6.22. The van der Waals surface area contributed by atoms with E-state index in [0.717, 1.165) is 31.4 Å². The van der Waals surface area contributed by atoms with E-state index in [1.165, 1.54) is 6.07 Å². The minimum Gasteiger partial charge on any atom is -0.340 e. The average Bonchev–Trinajstić information content (AvgIpc) is 3.11. The standard InChI is InChI=1S/C22H27ClN4O4S2/c1-3-27(4-2)13-8-14-33(30,31)17-11-12-18-19(15-17)32-22(23,25-18)26-21(29)24-20(28)16-9-6-5-7-10-16/h5-7,9-12,15,25H,3-4,8,13-14H2,1-2H3,(H2,24,26,28,29). The first-order valence-electron chi connectivity index (χ1n) is 10.6. The van der Waals surface area contributed by atoms with Crippen molar-refractivity contribution in [1.29, 1.82) is 0 Å². The van der Waals surface area contributed by atoms with Gasteiger partial charge in [-0.25, -0.2) is 13.2 Å². The molecular formula is C22H27ClN4O4S2. The van der Waals surface area contributed by atoms with Crippen LogP contribution < -0.4 is 16.0 Å². The van der Waals surface area contributed by atoms with Crippen LogP contribution in [0.3, 0.4) is 0 Å². The number of thioether (sulfide) groups is 1. The fraction of sp³-hybridized carbons (Fsp3) is 0.364. The van der Waals surface area contributed by atoms with Crippen molar-refractivity contribution in [3.63, 3.8) is 0 Å². The molecule has 0 aliphatic carbocycles. The average molecular weight is 511 g/mol. The largest absolute Gasteiger partial charge is 0.340 e. The maximum atomic E-state index is 12.8. The molecule has 0 aromatic heterocycles. The number of carbonyl (C=O) groups excluding carboxylic acids is 2. The summed E-state index contributed by atoms with van der Waals surface area (Å²) < 4.78 is 24.1. The summed E-state index contributed by atoms with van der Waals surface area (Å²) in [5.41, 5.74) is 0.925. The summed E-state index contributed by atoms with van der Waals surface area (Å²) in [6.45, 7) is 6.58. The molecule has 2 aromatic rings. The zero-order valence-corrected chi connectivity index (χ0v) is 20.8.